The van der Waals surface area contributed by atoms with Gasteiger partial charge in [0.05, 0.1) is 18.7 Å². The van der Waals surface area contributed by atoms with E-state index in [9.17, 15) is 9.59 Å². The van der Waals surface area contributed by atoms with Crippen LogP contribution in [0.4, 0.5) is 5.69 Å². The van der Waals surface area contributed by atoms with Gasteiger partial charge in [-0.25, -0.2) is 0 Å². The number of carbonyl (C=O) groups is 2. The number of hydrogen-bond acceptors (Lipinski definition) is 3. The highest BCUT2D eigenvalue weighted by Crippen LogP contribution is 2.26. The summed E-state index contributed by atoms with van der Waals surface area (Å²) in [4.78, 5) is 24.6. The van der Waals surface area contributed by atoms with Crippen LogP contribution in [0.15, 0.2) is 48.5 Å². The highest BCUT2D eigenvalue weighted by molar-refractivity contribution is 6.13. The molecule has 0 saturated heterocycles. The van der Waals surface area contributed by atoms with Crippen molar-refractivity contribution in [1.29, 1.82) is 0 Å². The van der Waals surface area contributed by atoms with Crippen LogP contribution in [-0.2, 0) is 4.79 Å². The summed E-state index contributed by atoms with van der Waals surface area (Å²) in [5.41, 5.74) is 2.10. The van der Waals surface area contributed by atoms with Gasteiger partial charge < -0.3 is 10.1 Å². The molecule has 0 aliphatic carbocycles. The van der Waals surface area contributed by atoms with E-state index >= 15 is 0 Å². The molecule has 1 N–H and O–H groups in total. The van der Waals surface area contributed by atoms with Gasteiger partial charge in [0.15, 0.2) is 5.78 Å². The van der Waals surface area contributed by atoms with E-state index in [1.54, 1.807) is 44.4 Å². The van der Waals surface area contributed by atoms with Crippen molar-refractivity contribution in [2.75, 3.05) is 12.4 Å². The quantitative estimate of drug-likeness (QED) is 0.679. The number of hydrogen-bond donors (Lipinski definition) is 1. The predicted octanol–water partition coefficient (Wildman–Crippen LogP) is 3.46. The Morgan fingerprint density at radius 1 is 1.09 bits per heavy atom. The van der Waals surface area contributed by atoms with E-state index in [1.165, 1.54) is 0 Å². The van der Waals surface area contributed by atoms with Gasteiger partial charge in [0.2, 0.25) is 5.91 Å². The Labute approximate surface area is 130 Å². The van der Waals surface area contributed by atoms with Crippen molar-refractivity contribution in [3.63, 3.8) is 0 Å². The zero-order valence-corrected chi connectivity index (χ0v) is 12.9. The van der Waals surface area contributed by atoms with Gasteiger partial charge in [-0.1, -0.05) is 36.4 Å². The highest BCUT2D eigenvalue weighted by atomic mass is 16.5. The largest absolute Gasteiger partial charge is 0.495 e. The van der Waals surface area contributed by atoms with E-state index in [1.807, 2.05) is 25.1 Å². The number of aryl methyl sites for hydroxylation is 1. The molecule has 22 heavy (non-hydrogen) atoms. The summed E-state index contributed by atoms with van der Waals surface area (Å²) in [6, 6.07) is 14.3. The monoisotopic (exact) mass is 297 g/mol. The van der Waals surface area contributed by atoms with Crippen molar-refractivity contribution in [2.45, 2.75) is 13.8 Å². The van der Waals surface area contributed by atoms with Crippen LogP contribution < -0.4 is 10.1 Å². The smallest absolute Gasteiger partial charge is 0.235 e. The van der Waals surface area contributed by atoms with Crippen LogP contribution in [0.25, 0.3) is 0 Å². The molecule has 0 aliphatic rings. The summed E-state index contributed by atoms with van der Waals surface area (Å²) in [7, 11) is 1.54. The molecule has 0 heterocycles. The topological polar surface area (TPSA) is 55.4 Å². The number of benzene rings is 2. The van der Waals surface area contributed by atoms with Crippen LogP contribution in [0.1, 0.15) is 22.8 Å². The number of Topliss-reactive ketones (excluding diaryl/α,β-unsaturated/α-hetero) is 1. The van der Waals surface area contributed by atoms with Gasteiger partial charge in [-0.2, -0.15) is 0 Å². The first kappa shape index (κ1) is 15.8. The molecule has 0 fully saturated rings. The average Bonchev–Trinajstić information content (AvgIpc) is 2.54. The fourth-order valence-corrected chi connectivity index (χ4v) is 2.13. The first-order valence-corrected chi connectivity index (χ1v) is 7.07. The van der Waals surface area contributed by atoms with Gasteiger partial charge in [0.25, 0.3) is 0 Å². The van der Waals surface area contributed by atoms with Crippen LogP contribution in [0, 0.1) is 12.8 Å². The van der Waals surface area contributed by atoms with E-state index in [0.717, 1.165) is 5.56 Å². The Hall–Kier alpha value is -2.62. The van der Waals surface area contributed by atoms with Crippen LogP contribution in [0.3, 0.4) is 0 Å². The van der Waals surface area contributed by atoms with Crippen molar-refractivity contribution in [2.24, 2.45) is 5.92 Å². The number of methoxy groups -OCH3 is 1. The molecule has 2 rings (SSSR count). The first-order valence-electron chi connectivity index (χ1n) is 7.07. The minimum absolute atomic E-state index is 0.204. The Bertz CT molecular complexity index is 680. The fourth-order valence-electron chi connectivity index (χ4n) is 2.13. The zero-order chi connectivity index (χ0) is 16.1. The summed E-state index contributed by atoms with van der Waals surface area (Å²) in [5.74, 6) is -0.756. The first-order chi connectivity index (χ1) is 10.5. The van der Waals surface area contributed by atoms with Crippen molar-refractivity contribution in [3.8, 4) is 5.75 Å². The Balaban J connectivity index is 2.15. The molecule has 0 spiro atoms. The zero-order valence-electron chi connectivity index (χ0n) is 12.9. The minimum Gasteiger partial charge on any atom is -0.495 e. The summed E-state index contributed by atoms with van der Waals surface area (Å²) in [6.45, 7) is 3.53. The van der Waals surface area contributed by atoms with Crippen LogP contribution in [0.5, 0.6) is 5.75 Å². The minimum atomic E-state index is -0.771. The second-order valence-electron chi connectivity index (χ2n) is 5.14. The maximum absolute atomic E-state index is 12.3. The number of amides is 1. The SMILES string of the molecule is COc1ccc(C)cc1NC(=O)C(C)C(=O)c1ccccc1. The molecule has 4 heteroatoms. The van der Waals surface area contributed by atoms with Gasteiger partial charge in [0.1, 0.15) is 5.75 Å². The molecule has 114 valence electrons. The Morgan fingerprint density at radius 2 is 1.77 bits per heavy atom. The normalized spacial score (nSPS) is 11.6. The van der Waals surface area contributed by atoms with E-state index in [2.05, 4.69) is 5.32 Å². The van der Waals surface area contributed by atoms with Crippen LogP contribution in [0.2, 0.25) is 0 Å². The lowest BCUT2D eigenvalue weighted by Gasteiger charge is -2.14. The van der Waals surface area contributed by atoms with Gasteiger partial charge in [-0.15, -0.1) is 0 Å². The Morgan fingerprint density at radius 3 is 2.41 bits per heavy atom. The number of ether oxygens (including phenoxy) is 1. The molecule has 0 radical (unpaired) electrons. The number of carbonyl (C=O) groups excluding carboxylic acids is 2. The fraction of sp³-hybridized carbons (Fsp3) is 0.222. The molecule has 4 nitrogen and oxygen atoms in total. The van der Waals surface area contributed by atoms with Gasteiger partial charge >= 0.3 is 0 Å². The predicted molar refractivity (Wildman–Crippen MR) is 86.3 cm³/mol. The van der Waals surface area contributed by atoms with Crippen molar-refractivity contribution >= 4 is 17.4 Å². The summed E-state index contributed by atoms with van der Waals surface area (Å²) in [5, 5.41) is 2.77. The molecule has 0 aromatic heterocycles. The highest BCUT2D eigenvalue weighted by Gasteiger charge is 2.23. The number of ketones is 1. The third kappa shape index (κ3) is 3.52. The second-order valence-corrected chi connectivity index (χ2v) is 5.14. The lowest BCUT2D eigenvalue weighted by atomic mass is 9.98. The number of anilines is 1. The molecule has 2 aromatic carbocycles. The van der Waals surface area contributed by atoms with E-state index in [-0.39, 0.29) is 11.7 Å². The maximum Gasteiger partial charge on any atom is 0.235 e. The standard InChI is InChI=1S/C18H19NO3/c1-12-9-10-16(22-3)15(11-12)19-18(21)13(2)17(20)14-7-5-4-6-8-14/h4-11,13H,1-3H3,(H,19,21). The molecule has 0 bridgehead atoms. The summed E-state index contributed by atoms with van der Waals surface area (Å²) in [6.07, 6.45) is 0. The summed E-state index contributed by atoms with van der Waals surface area (Å²) >= 11 is 0. The van der Waals surface area contributed by atoms with Gasteiger partial charge in [-0.05, 0) is 31.5 Å². The Kier molecular flexibility index (Phi) is 4.94. The van der Waals surface area contributed by atoms with E-state index in [0.29, 0.717) is 17.0 Å². The maximum atomic E-state index is 12.3. The molecular weight excluding hydrogens is 278 g/mol. The molecular formula is C18H19NO3. The number of nitrogens with one attached hydrogen (secondary N) is 1. The van der Waals surface area contributed by atoms with E-state index < -0.39 is 5.92 Å². The summed E-state index contributed by atoms with van der Waals surface area (Å²) < 4.78 is 5.23. The lowest BCUT2D eigenvalue weighted by Crippen LogP contribution is -2.27. The third-order valence-electron chi connectivity index (χ3n) is 3.46. The van der Waals surface area contributed by atoms with Crippen LogP contribution >= 0.6 is 0 Å². The molecule has 0 saturated carbocycles. The molecule has 0 aliphatic heterocycles. The van der Waals surface area contributed by atoms with Crippen molar-refractivity contribution < 1.29 is 14.3 Å². The number of rotatable bonds is 5. The molecule has 1 unspecified atom stereocenters. The third-order valence-corrected chi connectivity index (χ3v) is 3.46. The molecule has 1 atom stereocenters. The van der Waals surface area contributed by atoms with Gasteiger partial charge in [-0.3, -0.25) is 9.59 Å². The van der Waals surface area contributed by atoms with Crippen molar-refractivity contribution in [1.82, 2.24) is 0 Å². The van der Waals surface area contributed by atoms with Gasteiger partial charge in [0, 0.05) is 5.56 Å². The van der Waals surface area contributed by atoms with E-state index in [4.69, 9.17) is 4.74 Å². The second kappa shape index (κ2) is 6.89. The van der Waals surface area contributed by atoms with Crippen molar-refractivity contribution in [3.05, 3.63) is 59.7 Å². The van der Waals surface area contributed by atoms with Crippen LogP contribution in [-0.4, -0.2) is 18.8 Å². The molecule has 1 amide bonds. The lowest BCUT2D eigenvalue weighted by molar-refractivity contribution is -0.118. The average molecular weight is 297 g/mol. The molecule has 2 aromatic rings.